The summed E-state index contributed by atoms with van der Waals surface area (Å²) in [5.41, 5.74) is 0. The van der Waals surface area contributed by atoms with Gasteiger partial charge in [0.2, 0.25) is 0 Å². The summed E-state index contributed by atoms with van der Waals surface area (Å²) in [6.07, 6.45) is 9.87. The smallest absolute Gasteiger partial charge is 0.0509 e. The lowest BCUT2D eigenvalue weighted by atomic mass is 9.95. The Balaban J connectivity index is 1.73. The fraction of sp³-hybridized carbons (Fsp3) is 1.00. The lowest BCUT2D eigenvalue weighted by molar-refractivity contribution is 0.0429. The summed E-state index contributed by atoms with van der Waals surface area (Å²) >= 11 is 2.22. The summed E-state index contributed by atoms with van der Waals surface area (Å²) in [4.78, 5) is 0. The molecule has 0 aromatic carbocycles. The molecular weight excluding hydrogens is 242 g/mol. The zero-order valence-electron chi connectivity index (χ0n) is 11.8. The van der Waals surface area contributed by atoms with Gasteiger partial charge in [0.05, 0.1) is 6.61 Å². The van der Waals surface area contributed by atoms with E-state index in [0.29, 0.717) is 6.04 Å². The third-order valence-electron chi connectivity index (χ3n) is 4.29. The second-order valence-electron chi connectivity index (χ2n) is 5.73. The SMILES string of the molecule is CCNC(CSC1CCCCC1)C1CCCOC1. The van der Waals surface area contributed by atoms with Gasteiger partial charge in [-0.1, -0.05) is 26.2 Å². The molecule has 1 saturated carbocycles. The van der Waals surface area contributed by atoms with Crippen LogP contribution in [0.25, 0.3) is 0 Å². The first-order chi connectivity index (χ1) is 8.90. The Morgan fingerprint density at radius 3 is 2.67 bits per heavy atom. The van der Waals surface area contributed by atoms with E-state index in [0.717, 1.165) is 30.9 Å². The molecule has 0 aromatic heterocycles. The van der Waals surface area contributed by atoms with Crippen molar-refractivity contribution in [1.82, 2.24) is 5.32 Å². The highest BCUT2D eigenvalue weighted by molar-refractivity contribution is 7.99. The summed E-state index contributed by atoms with van der Waals surface area (Å²) in [6.45, 7) is 5.27. The van der Waals surface area contributed by atoms with Crippen LogP contribution in [0.1, 0.15) is 51.9 Å². The second kappa shape index (κ2) is 8.44. The van der Waals surface area contributed by atoms with Crippen molar-refractivity contribution in [3.05, 3.63) is 0 Å². The van der Waals surface area contributed by atoms with Crippen LogP contribution >= 0.6 is 11.8 Å². The van der Waals surface area contributed by atoms with E-state index in [-0.39, 0.29) is 0 Å². The summed E-state index contributed by atoms with van der Waals surface area (Å²) in [5.74, 6) is 2.03. The molecule has 2 unspecified atom stereocenters. The van der Waals surface area contributed by atoms with Crippen LogP contribution in [-0.4, -0.2) is 36.8 Å². The van der Waals surface area contributed by atoms with E-state index >= 15 is 0 Å². The first kappa shape index (κ1) is 14.7. The van der Waals surface area contributed by atoms with Crippen LogP contribution in [0.4, 0.5) is 0 Å². The van der Waals surface area contributed by atoms with E-state index < -0.39 is 0 Å². The molecule has 18 heavy (non-hydrogen) atoms. The minimum absolute atomic E-state index is 0.669. The maximum absolute atomic E-state index is 5.65. The number of thioether (sulfide) groups is 1. The van der Waals surface area contributed by atoms with Crippen molar-refractivity contribution in [3.8, 4) is 0 Å². The van der Waals surface area contributed by atoms with Gasteiger partial charge in [-0.25, -0.2) is 0 Å². The molecule has 2 fully saturated rings. The van der Waals surface area contributed by atoms with Gasteiger partial charge >= 0.3 is 0 Å². The molecule has 0 spiro atoms. The zero-order valence-corrected chi connectivity index (χ0v) is 12.6. The van der Waals surface area contributed by atoms with E-state index in [4.69, 9.17) is 4.74 Å². The van der Waals surface area contributed by atoms with Gasteiger partial charge in [-0.05, 0) is 38.1 Å². The quantitative estimate of drug-likeness (QED) is 0.799. The highest BCUT2D eigenvalue weighted by Crippen LogP contribution is 2.30. The molecule has 1 heterocycles. The Kier molecular flexibility index (Phi) is 6.88. The van der Waals surface area contributed by atoms with Crippen LogP contribution in [0, 0.1) is 5.92 Å². The number of hydrogen-bond donors (Lipinski definition) is 1. The molecule has 106 valence electrons. The van der Waals surface area contributed by atoms with E-state index in [1.165, 1.54) is 50.7 Å². The van der Waals surface area contributed by atoms with Crippen LogP contribution in [0.15, 0.2) is 0 Å². The van der Waals surface area contributed by atoms with Gasteiger partial charge in [0.1, 0.15) is 0 Å². The fourth-order valence-electron chi connectivity index (χ4n) is 3.18. The second-order valence-corrected chi connectivity index (χ2v) is 7.07. The summed E-state index contributed by atoms with van der Waals surface area (Å²) in [6, 6.07) is 0.669. The lowest BCUT2D eigenvalue weighted by Gasteiger charge is -2.32. The Morgan fingerprint density at radius 2 is 2.00 bits per heavy atom. The molecule has 3 heteroatoms. The first-order valence-electron chi connectivity index (χ1n) is 7.83. The van der Waals surface area contributed by atoms with Crippen molar-refractivity contribution in [2.75, 3.05) is 25.5 Å². The molecule has 0 bridgehead atoms. The first-order valence-corrected chi connectivity index (χ1v) is 8.87. The van der Waals surface area contributed by atoms with Gasteiger partial charge in [-0.2, -0.15) is 11.8 Å². The van der Waals surface area contributed by atoms with Crippen molar-refractivity contribution in [2.45, 2.75) is 63.2 Å². The largest absolute Gasteiger partial charge is 0.381 e. The van der Waals surface area contributed by atoms with E-state index in [2.05, 4.69) is 24.0 Å². The van der Waals surface area contributed by atoms with E-state index in [1.54, 1.807) is 0 Å². The average molecular weight is 271 g/mol. The molecule has 0 amide bonds. The molecule has 1 N–H and O–H groups in total. The molecule has 1 saturated heterocycles. The van der Waals surface area contributed by atoms with Gasteiger partial charge in [0, 0.05) is 23.7 Å². The zero-order chi connectivity index (χ0) is 12.6. The predicted molar refractivity (Wildman–Crippen MR) is 80.3 cm³/mol. The molecule has 2 aliphatic rings. The van der Waals surface area contributed by atoms with Crippen molar-refractivity contribution in [1.29, 1.82) is 0 Å². The lowest BCUT2D eigenvalue weighted by Crippen LogP contribution is -2.42. The van der Waals surface area contributed by atoms with E-state index in [9.17, 15) is 0 Å². The van der Waals surface area contributed by atoms with Crippen molar-refractivity contribution >= 4 is 11.8 Å². The Labute approximate surface area is 117 Å². The van der Waals surface area contributed by atoms with Gasteiger partial charge in [-0.15, -0.1) is 0 Å². The number of ether oxygens (including phenoxy) is 1. The summed E-state index contributed by atoms with van der Waals surface area (Å²) in [5, 5.41) is 4.63. The normalized spacial score (nSPS) is 28.2. The highest BCUT2D eigenvalue weighted by Gasteiger charge is 2.25. The maximum atomic E-state index is 5.65. The third kappa shape index (κ3) is 4.75. The van der Waals surface area contributed by atoms with Gasteiger partial charge < -0.3 is 10.1 Å². The van der Waals surface area contributed by atoms with Gasteiger partial charge in [0.25, 0.3) is 0 Å². The van der Waals surface area contributed by atoms with Crippen molar-refractivity contribution in [3.63, 3.8) is 0 Å². The Morgan fingerprint density at radius 1 is 1.17 bits per heavy atom. The van der Waals surface area contributed by atoms with Gasteiger partial charge in [-0.3, -0.25) is 0 Å². The molecule has 2 rings (SSSR count). The Hall–Kier alpha value is 0.270. The third-order valence-corrected chi connectivity index (χ3v) is 5.79. The molecule has 2 atom stereocenters. The van der Waals surface area contributed by atoms with Crippen LogP contribution in [0.2, 0.25) is 0 Å². The topological polar surface area (TPSA) is 21.3 Å². The average Bonchev–Trinajstić information content (AvgIpc) is 2.45. The summed E-state index contributed by atoms with van der Waals surface area (Å²) < 4.78 is 5.65. The highest BCUT2D eigenvalue weighted by atomic mass is 32.2. The van der Waals surface area contributed by atoms with Gasteiger partial charge in [0.15, 0.2) is 0 Å². The fourth-order valence-corrected chi connectivity index (χ4v) is 4.71. The van der Waals surface area contributed by atoms with Crippen LogP contribution in [-0.2, 0) is 4.74 Å². The maximum Gasteiger partial charge on any atom is 0.0509 e. The molecule has 1 aliphatic heterocycles. The predicted octanol–water partition coefficient (Wildman–Crippen LogP) is 3.46. The molecule has 0 radical (unpaired) electrons. The van der Waals surface area contributed by atoms with Crippen LogP contribution < -0.4 is 5.32 Å². The van der Waals surface area contributed by atoms with E-state index in [1.807, 2.05) is 0 Å². The van der Waals surface area contributed by atoms with Crippen molar-refractivity contribution in [2.24, 2.45) is 5.92 Å². The molecule has 0 aromatic rings. The summed E-state index contributed by atoms with van der Waals surface area (Å²) in [7, 11) is 0. The minimum Gasteiger partial charge on any atom is -0.381 e. The number of nitrogens with one attached hydrogen (secondary N) is 1. The van der Waals surface area contributed by atoms with Crippen LogP contribution in [0.5, 0.6) is 0 Å². The number of rotatable bonds is 6. The van der Waals surface area contributed by atoms with Crippen molar-refractivity contribution < 1.29 is 4.74 Å². The minimum atomic E-state index is 0.669. The molecular formula is C15H29NOS. The Bertz CT molecular complexity index is 213. The standard InChI is InChI=1S/C15H29NOS/c1-2-16-15(13-7-6-10-17-11-13)12-18-14-8-4-3-5-9-14/h13-16H,2-12H2,1H3. The van der Waals surface area contributed by atoms with Crippen LogP contribution in [0.3, 0.4) is 0 Å². The monoisotopic (exact) mass is 271 g/mol. The molecule has 2 nitrogen and oxygen atoms in total. The number of hydrogen-bond acceptors (Lipinski definition) is 3. The molecule has 1 aliphatic carbocycles.